The molecule has 3 rings (SSSR count). The summed E-state index contributed by atoms with van der Waals surface area (Å²) in [4.78, 5) is 10.5. The molecule has 0 bridgehead atoms. The van der Waals surface area contributed by atoms with Gasteiger partial charge >= 0.3 is 0 Å². The van der Waals surface area contributed by atoms with Crippen molar-refractivity contribution >= 4 is 5.69 Å². The molecule has 0 radical (unpaired) electrons. The van der Waals surface area contributed by atoms with Crippen molar-refractivity contribution in [2.45, 2.75) is 25.7 Å². The molecule has 1 aromatic carbocycles. The molecule has 104 valence electrons. The lowest BCUT2D eigenvalue weighted by Crippen LogP contribution is -2.02. The third-order valence-electron chi connectivity index (χ3n) is 3.61. The molecule has 1 heterocycles. The lowest BCUT2D eigenvalue weighted by atomic mass is 9.99. The highest BCUT2D eigenvalue weighted by atomic mass is 16.6. The second-order valence-corrected chi connectivity index (χ2v) is 4.87. The third-order valence-corrected chi connectivity index (χ3v) is 3.61. The van der Waals surface area contributed by atoms with Crippen molar-refractivity contribution in [3.63, 3.8) is 0 Å². The average Bonchev–Trinajstić information content (AvgIpc) is 2.90. The number of hydrogen-bond acceptors (Lipinski definition) is 4. The summed E-state index contributed by atoms with van der Waals surface area (Å²) in [5.74, 6) is 0.579. The number of rotatable bonds is 3. The van der Waals surface area contributed by atoms with Gasteiger partial charge in [-0.2, -0.15) is 5.10 Å². The summed E-state index contributed by atoms with van der Waals surface area (Å²) in [6, 6.07) is 4.54. The number of methoxy groups -OCH3 is 1. The van der Waals surface area contributed by atoms with Crippen LogP contribution in [-0.2, 0) is 12.8 Å². The molecule has 0 N–H and O–H groups in total. The van der Waals surface area contributed by atoms with Crippen molar-refractivity contribution in [1.29, 1.82) is 0 Å². The van der Waals surface area contributed by atoms with Crippen molar-refractivity contribution in [1.82, 2.24) is 9.78 Å². The fourth-order valence-corrected chi connectivity index (χ4v) is 2.57. The van der Waals surface area contributed by atoms with Gasteiger partial charge in [-0.3, -0.25) is 10.1 Å². The van der Waals surface area contributed by atoms with Gasteiger partial charge in [0.1, 0.15) is 11.4 Å². The number of benzene rings is 1. The Morgan fingerprint density at radius 3 is 2.85 bits per heavy atom. The van der Waals surface area contributed by atoms with Crippen molar-refractivity contribution in [3.8, 4) is 11.4 Å². The predicted octanol–water partition coefficient (Wildman–Crippen LogP) is 2.67. The van der Waals surface area contributed by atoms with E-state index in [1.54, 1.807) is 17.9 Å². The molecule has 1 aliphatic rings. The first-order valence-electron chi connectivity index (χ1n) is 6.59. The number of fused-ring (bicyclic) bond motifs is 1. The van der Waals surface area contributed by atoms with Crippen LogP contribution in [-0.4, -0.2) is 21.8 Å². The van der Waals surface area contributed by atoms with Crippen molar-refractivity contribution in [2.75, 3.05) is 7.11 Å². The molecule has 6 heteroatoms. The fourth-order valence-electron chi connectivity index (χ4n) is 2.57. The van der Waals surface area contributed by atoms with E-state index in [0.717, 1.165) is 25.0 Å². The third kappa shape index (κ3) is 2.13. The second-order valence-electron chi connectivity index (χ2n) is 4.87. The number of nitrogens with zero attached hydrogens (tertiary/aromatic N) is 3. The number of nitro groups is 1. The zero-order valence-corrected chi connectivity index (χ0v) is 11.2. The highest BCUT2D eigenvalue weighted by Crippen LogP contribution is 2.29. The van der Waals surface area contributed by atoms with Gasteiger partial charge in [0, 0.05) is 18.3 Å². The number of ether oxygens (including phenoxy) is 1. The van der Waals surface area contributed by atoms with E-state index in [0.29, 0.717) is 11.4 Å². The van der Waals surface area contributed by atoms with E-state index >= 15 is 0 Å². The SMILES string of the molecule is COc1ccc([N+](=O)[O-])cc1-n1cc2c(n1)CCCC2. The van der Waals surface area contributed by atoms with Crippen LogP contribution >= 0.6 is 0 Å². The molecule has 1 aromatic heterocycles. The van der Waals surface area contributed by atoms with Crippen molar-refractivity contribution in [3.05, 3.63) is 45.8 Å². The summed E-state index contributed by atoms with van der Waals surface area (Å²) >= 11 is 0. The van der Waals surface area contributed by atoms with Gasteiger partial charge < -0.3 is 4.74 Å². The summed E-state index contributed by atoms with van der Waals surface area (Å²) in [6.07, 6.45) is 6.27. The smallest absolute Gasteiger partial charge is 0.271 e. The molecule has 1 aliphatic carbocycles. The molecule has 0 saturated carbocycles. The summed E-state index contributed by atoms with van der Waals surface area (Å²) < 4.78 is 6.98. The number of non-ortho nitro benzene ring substituents is 1. The molecule has 6 nitrogen and oxygen atoms in total. The monoisotopic (exact) mass is 273 g/mol. The normalized spacial score (nSPS) is 13.8. The summed E-state index contributed by atoms with van der Waals surface area (Å²) in [5, 5.41) is 15.5. The lowest BCUT2D eigenvalue weighted by molar-refractivity contribution is -0.384. The molecule has 0 fully saturated rings. The number of nitro benzene ring substituents is 1. The van der Waals surface area contributed by atoms with Crippen LogP contribution in [0.4, 0.5) is 5.69 Å². The average molecular weight is 273 g/mol. The van der Waals surface area contributed by atoms with Gasteiger partial charge in [-0.05, 0) is 37.3 Å². The topological polar surface area (TPSA) is 70.2 Å². The summed E-state index contributed by atoms with van der Waals surface area (Å²) in [7, 11) is 1.55. The number of aryl methyl sites for hydroxylation is 2. The van der Waals surface area contributed by atoms with Gasteiger partial charge in [0.25, 0.3) is 5.69 Å². The fraction of sp³-hybridized carbons (Fsp3) is 0.357. The first kappa shape index (κ1) is 12.7. The van der Waals surface area contributed by atoms with Crippen LogP contribution < -0.4 is 4.74 Å². The van der Waals surface area contributed by atoms with E-state index in [-0.39, 0.29) is 5.69 Å². The Balaban J connectivity index is 2.09. The summed E-state index contributed by atoms with van der Waals surface area (Å²) in [6.45, 7) is 0. The zero-order chi connectivity index (χ0) is 14.1. The van der Waals surface area contributed by atoms with Gasteiger partial charge in [-0.1, -0.05) is 0 Å². The minimum atomic E-state index is -0.410. The molecule has 0 amide bonds. The Kier molecular flexibility index (Phi) is 3.14. The molecular formula is C14H15N3O3. The Bertz CT molecular complexity index is 640. The van der Waals surface area contributed by atoms with E-state index in [1.807, 2.05) is 6.20 Å². The van der Waals surface area contributed by atoms with Gasteiger partial charge in [0.2, 0.25) is 0 Å². The Labute approximate surface area is 116 Å². The van der Waals surface area contributed by atoms with Crippen LogP contribution in [0.3, 0.4) is 0 Å². The van der Waals surface area contributed by atoms with Crippen LogP contribution in [0.5, 0.6) is 5.75 Å². The van der Waals surface area contributed by atoms with Crippen LogP contribution in [0.25, 0.3) is 5.69 Å². The minimum Gasteiger partial charge on any atom is -0.494 e. The molecule has 0 unspecified atom stereocenters. The molecular weight excluding hydrogens is 258 g/mol. The van der Waals surface area contributed by atoms with E-state index in [9.17, 15) is 10.1 Å². The van der Waals surface area contributed by atoms with Crippen molar-refractivity contribution in [2.24, 2.45) is 0 Å². The number of aromatic nitrogens is 2. The summed E-state index contributed by atoms with van der Waals surface area (Å²) in [5.41, 5.74) is 2.96. The van der Waals surface area contributed by atoms with E-state index in [4.69, 9.17) is 4.74 Å². The quantitative estimate of drug-likeness (QED) is 0.636. The Morgan fingerprint density at radius 1 is 1.35 bits per heavy atom. The largest absolute Gasteiger partial charge is 0.494 e. The molecule has 0 spiro atoms. The standard InChI is InChI=1S/C14H15N3O3/c1-20-14-7-6-11(17(18)19)8-13(14)16-9-10-4-2-3-5-12(10)15-16/h6-9H,2-5H2,1H3. The van der Waals surface area contributed by atoms with Crippen LogP contribution in [0.2, 0.25) is 0 Å². The van der Waals surface area contributed by atoms with E-state index in [1.165, 1.54) is 24.1 Å². The maximum atomic E-state index is 10.9. The predicted molar refractivity (Wildman–Crippen MR) is 73.4 cm³/mol. The maximum Gasteiger partial charge on any atom is 0.271 e. The molecule has 2 aromatic rings. The molecule has 20 heavy (non-hydrogen) atoms. The highest BCUT2D eigenvalue weighted by molar-refractivity contribution is 5.53. The lowest BCUT2D eigenvalue weighted by Gasteiger charge is -2.08. The molecule has 0 aliphatic heterocycles. The first-order valence-corrected chi connectivity index (χ1v) is 6.59. The van der Waals surface area contributed by atoms with Gasteiger partial charge in [-0.25, -0.2) is 4.68 Å². The van der Waals surface area contributed by atoms with Crippen molar-refractivity contribution < 1.29 is 9.66 Å². The molecule has 0 atom stereocenters. The van der Waals surface area contributed by atoms with E-state index < -0.39 is 4.92 Å². The van der Waals surface area contributed by atoms with Gasteiger partial charge in [0.15, 0.2) is 0 Å². The van der Waals surface area contributed by atoms with Crippen LogP contribution in [0.15, 0.2) is 24.4 Å². The second kappa shape index (κ2) is 4.96. The Hall–Kier alpha value is -2.37. The van der Waals surface area contributed by atoms with Gasteiger partial charge in [-0.15, -0.1) is 0 Å². The Morgan fingerprint density at radius 2 is 2.15 bits per heavy atom. The van der Waals surface area contributed by atoms with E-state index in [2.05, 4.69) is 5.10 Å². The first-order chi connectivity index (χ1) is 9.69. The van der Waals surface area contributed by atoms with Crippen LogP contribution in [0, 0.1) is 10.1 Å². The minimum absolute atomic E-state index is 0.0364. The molecule has 0 saturated heterocycles. The number of hydrogen-bond donors (Lipinski definition) is 0. The maximum absolute atomic E-state index is 10.9. The van der Waals surface area contributed by atoms with Crippen LogP contribution in [0.1, 0.15) is 24.1 Å². The zero-order valence-electron chi connectivity index (χ0n) is 11.2. The highest BCUT2D eigenvalue weighted by Gasteiger charge is 2.18. The van der Waals surface area contributed by atoms with Gasteiger partial charge in [0.05, 0.1) is 17.7 Å².